The van der Waals surface area contributed by atoms with Crippen molar-refractivity contribution in [1.29, 1.82) is 0 Å². The number of hydrogen-bond donors (Lipinski definition) is 2. The number of nitrogens with one attached hydrogen (secondary N) is 1. The van der Waals surface area contributed by atoms with Gasteiger partial charge in [0.25, 0.3) is 5.24 Å². The van der Waals surface area contributed by atoms with E-state index in [1.807, 2.05) is 0 Å². The third kappa shape index (κ3) is 2.95. The minimum atomic E-state index is -1.01. The Labute approximate surface area is 109 Å². The number of thioether (sulfide) groups is 1. The molecule has 2 amide bonds. The molecular formula is C11H16N2O4S. The van der Waals surface area contributed by atoms with Gasteiger partial charge < -0.3 is 15.3 Å². The van der Waals surface area contributed by atoms with Crippen molar-refractivity contribution in [2.45, 2.75) is 37.8 Å². The molecule has 0 bridgehead atoms. The maximum Gasteiger partial charge on any atom is 0.323 e. The van der Waals surface area contributed by atoms with E-state index in [4.69, 9.17) is 5.11 Å². The number of amides is 2. The molecule has 7 heteroatoms. The molecule has 1 saturated carbocycles. The van der Waals surface area contributed by atoms with Crippen molar-refractivity contribution in [3.8, 4) is 0 Å². The Bertz CT molecular complexity index is 368. The van der Waals surface area contributed by atoms with Gasteiger partial charge in [-0.2, -0.15) is 0 Å². The van der Waals surface area contributed by atoms with E-state index in [2.05, 4.69) is 5.32 Å². The Balaban J connectivity index is 2.04. The second-order valence-corrected chi connectivity index (χ2v) is 5.59. The van der Waals surface area contributed by atoms with E-state index in [1.165, 1.54) is 4.90 Å². The molecule has 1 saturated heterocycles. The van der Waals surface area contributed by atoms with Gasteiger partial charge in [-0.15, -0.1) is 0 Å². The topological polar surface area (TPSA) is 86.7 Å². The molecule has 1 aliphatic heterocycles. The number of carbonyl (C=O) groups excluding carboxylic acids is 2. The summed E-state index contributed by atoms with van der Waals surface area (Å²) in [5, 5.41) is 11.3. The molecule has 1 atom stereocenters. The number of hydrogen-bond acceptors (Lipinski definition) is 4. The highest BCUT2D eigenvalue weighted by Gasteiger charge is 2.36. The number of carboxylic acids is 1. The minimum Gasteiger partial charge on any atom is -0.480 e. The molecule has 2 fully saturated rings. The highest BCUT2D eigenvalue weighted by Crippen LogP contribution is 2.25. The predicted octanol–water partition coefficient (Wildman–Crippen LogP) is 0.667. The Kier molecular flexibility index (Phi) is 4.11. The lowest BCUT2D eigenvalue weighted by molar-refractivity contribution is -0.146. The Morgan fingerprint density at radius 3 is 2.56 bits per heavy atom. The summed E-state index contributed by atoms with van der Waals surface area (Å²) in [4.78, 5) is 35.6. The van der Waals surface area contributed by atoms with Crippen LogP contribution in [-0.4, -0.2) is 51.5 Å². The second kappa shape index (κ2) is 5.60. The fraction of sp³-hybridized carbons (Fsp3) is 0.727. The maximum absolute atomic E-state index is 12.2. The Morgan fingerprint density at radius 2 is 2.06 bits per heavy atom. The van der Waals surface area contributed by atoms with Crippen LogP contribution in [0, 0.1) is 0 Å². The maximum atomic E-state index is 12.2. The van der Waals surface area contributed by atoms with E-state index in [0.717, 1.165) is 37.4 Å². The van der Waals surface area contributed by atoms with E-state index in [1.54, 1.807) is 0 Å². The quantitative estimate of drug-likeness (QED) is 0.785. The largest absolute Gasteiger partial charge is 0.480 e. The third-order valence-corrected chi connectivity index (χ3v) is 4.21. The van der Waals surface area contributed by atoms with Crippen LogP contribution in [0.2, 0.25) is 0 Å². The molecule has 0 radical (unpaired) electrons. The Hall–Kier alpha value is -1.24. The first-order valence-electron chi connectivity index (χ1n) is 6.03. The van der Waals surface area contributed by atoms with Crippen LogP contribution in [0.1, 0.15) is 25.7 Å². The standard InChI is InChI=1S/C11H16N2O4S/c14-9(15)5-13(7-3-1-2-4-7)10(16)8-6-18-11(17)12-8/h7-8H,1-6H2,(H,12,17)(H,14,15). The third-order valence-electron chi connectivity index (χ3n) is 3.33. The van der Waals surface area contributed by atoms with Gasteiger partial charge in [-0.1, -0.05) is 24.6 Å². The fourth-order valence-corrected chi connectivity index (χ4v) is 3.24. The first kappa shape index (κ1) is 13.2. The molecule has 1 unspecified atom stereocenters. The van der Waals surface area contributed by atoms with Gasteiger partial charge in [0.15, 0.2) is 0 Å². The van der Waals surface area contributed by atoms with Gasteiger partial charge in [0.2, 0.25) is 5.91 Å². The van der Waals surface area contributed by atoms with Crippen molar-refractivity contribution >= 4 is 28.9 Å². The molecule has 6 nitrogen and oxygen atoms in total. The lowest BCUT2D eigenvalue weighted by Gasteiger charge is -2.29. The zero-order valence-electron chi connectivity index (χ0n) is 9.92. The van der Waals surface area contributed by atoms with Gasteiger partial charge in [-0.3, -0.25) is 14.4 Å². The number of carboxylic acid groups (broad SMARTS) is 1. The predicted molar refractivity (Wildman–Crippen MR) is 66.4 cm³/mol. The monoisotopic (exact) mass is 272 g/mol. The van der Waals surface area contributed by atoms with E-state index in [0.29, 0.717) is 5.75 Å². The molecule has 0 spiro atoms. The number of aliphatic carboxylic acids is 1. The molecule has 0 aromatic heterocycles. The number of nitrogens with zero attached hydrogens (tertiary/aromatic N) is 1. The van der Waals surface area contributed by atoms with Crippen LogP contribution in [-0.2, 0) is 9.59 Å². The molecule has 18 heavy (non-hydrogen) atoms. The SMILES string of the molecule is O=C(O)CN(C(=O)C1CSC(=O)N1)C1CCCC1. The average molecular weight is 272 g/mol. The molecule has 2 N–H and O–H groups in total. The smallest absolute Gasteiger partial charge is 0.323 e. The summed E-state index contributed by atoms with van der Waals surface area (Å²) >= 11 is 1.07. The van der Waals surface area contributed by atoms with Crippen LogP contribution in [0.15, 0.2) is 0 Å². The molecule has 2 aliphatic rings. The summed E-state index contributed by atoms with van der Waals surface area (Å²) in [5.41, 5.74) is 0. The Morgan fingerprint density at radius 1 is 1.39 bits per heavy atom. The highest BCUT2D eigenvalue weighted by molar-refractivity contribution is 8.14. The van der Waals surface area contributed by atoms with Crippen molar-refractivity contribution in [3.05, 3.63) is 0 Å². The molecule has 0 aromatic carbocycles. The summed E-state index contributed by atoms with van der Waals surface area (Å²) < 4.78 is 0. The summed E-state index contributed by atoms with van der Waals surface area (Å²) in [6.07, 6.45) is 3.76. The molecule has 2 rings (SSSR count). The van der Waals surface area contributed by atoms with E-state index >= 15 is 0 Å². The van der Waals surface area contributed by atoms with Crippen LogP contribution >= 0.6 is 11.8 Å². The van der Waals surface area contributed by atoms with Gasteiger partial charge in [0, 0.05) is 11.8 Å². The van der Waals surface area contributed by atoms with E-state index in [-0.39, 0.29) is 23.7 Å². The molecule has 0 aromatic rings. The van der Waals surface area contributed by atoms with Crippen molar-refractivity contribution in [1.82, 2.24) is 10.2 Å². The molecule has 100 valence electrons. The summed E-state index contributed by atoms with van der Waals surface area (Å²) in [7, 11) is 0. The summed E-state index contributed by atoms with van der Waals surface area (Å²) in [6.45, 7) is -0.277. The molecule has 1 aliphatic carbocycles. The minimum absolute atomic E-state index is 0.0103. The van der Waals surface area contributed by atoms with Crippen LogP contribution in [0.3, 0.4) is 0 Å². The average Bonchev–Trinajstić information content (AvgIpc) is 2.95. The van der Waals surface area contributed by atoms with Gasteiger partial charge in [0.05, 0.1) is 0 Å². The lowest BCUT2D eigenvalue weighted by atomic mass is 10.1. The normalized spacial score (nSPS) is 24.0. The van der Waals surface area contributed by atoms with Crippen LogP contribution in [0.25, 0.3) is 0 Å². The van der Waals surface area contributed by atoms with E-state index in [9.17, 15) is 14.4 Å². The highest BCUT2D eigenvalue weighted by atomic mass is 32.2. The van der Waals surface area contributed by atoms with Crippen LogP contribution < -0.4 is 5.32 Å². The summed E-state index contributed by atoms with van der Waals surface area (Å²) in [5.74, 6) is -0.879. The number of rotatable bonds is 4. The zero-order valence-corrected chi connectivity index (χ0v) is 10.7. The van der Waals surface area contributed by atoms with Crippen molar-refractivity contribution < 1.29 is 19.5 Å². The van der Waals surface area contributed by atoms with Gasteiger partial charge >= 0.3 is 5.97 Å². The van der Waals surface area contributed by atoms with Crippen LogP contribution in [0.4, 0.5) is 4.79 Å². The first-order valence-corrected chi connectivity index (χ1v) is 7.02. The van der Waals surface area contributed by atoms with Crippen molar-refractivity contribution in [2.24, 2.45) is 0 Å². The van der Waals surface area contributed by atoms with Crippen LogP contribution in [0.5, 0.6) is 0 Å². The van der Waals surface area contributed by atoms with Crippen molar-refractivity contribution in [3.63, 3.8) is 0 Å². The molecular weight excluding hydrogens is 256 g/mol. The first-order chi connectivity index (χ1) is 8.58. The van der Waals surface area contributed by atoms with Gasteiger partial charge in [-0.25, -0.2) is 0 Å². The zero-order chi connectivity index (χ0) is 13.1. The van der Waals surface area contributed by atoms with E-state index < -0.39 is 12.0 Å². The van der Waals surface area contributed by atoms with Gasteiger partial charge in [-0.05, 0) is 12.8 Å². The fourth-order valence-electron chi connectivity index (χ4n) is 2.47. The number of carbonyl (C=O) groups is 3. The van der Waals surface area contributed by atoms with Crippen molar-refractivity contribution in [2.75, 3.05) is 12.3 Å². The molecule has 1 heterocycles. The summed E-state index contributed by atoms with van der Waals surface area (Å²) in [6, 6.07) is -0.557. The second-order valence-electron chi connectivity index (χ2n) is 4.59. The van der Waals surface area contributed by atoms with Gasteiger partial charge in [0.1, 0.15) is 12.6 Å². The lowest BCUT2D eigenvalue weighted by Crippen LogP contribution is -2.51.